The summed E-state index contributed by atoms with van der Waals surface area (Å²) in [5, 5.41) is 13.5. The van der Waals surface area contributed by atoms with E-state index >= 15 is 0 Å². The molecule has 0 aromatic heterocycles. The Kier molecular flexibility index (Phi) is 6.70. The van der Waals surface area contributed by atoms with Crippen molar-refractivity contribution in [2.75, 3.05) is 20.8 Å². The van der Waals surface area contributed by atoms with Crippen molar-refractivity contribution >= 4 is 17.6 Å². The Morgan fingerprint density at radius 3 is 2.44 bits per heavy atom. The molecule has 9 nitrogen and oxygen atoms in total. The zero-order valence-electron chi connectivity index (χ0n) is 14.8. The van der Waals surface area contributed by atoms with Crippen LogP contribution in [0.1, 0.15) is 15.9 Å². The van der Waals surface area contributed by atoms with Gasteiger partial charge in [0.15, 0.2) is 18.1 Å². The second-order valence-electron chi connectivity index (χ2n) is 5.32. The predicted molar refractivity (Wildman–Crippen MR) is 94.8 cm³/mol. The molecule has 1 amide bonds. The summed E-state index contributed by atoms with van der Waals surface area (Å²) < 4.78 is 15.2. The van der Waals surface area contributed by atoms with E-state index < -0.39 is 23.4 Å². The molecule has 0 aliphatic heterocycles. The number of nitrogens with one attached hydrogen (secondary N) is 1. The van der Waals surface area contributed by atoms with Crippen molar-refractivity contribution in [3.05, 3.63) is 63.7 Å². The lowest BCUT2D eigenvalue weighted by molar-refractivity contribution is -0.385. The van der Waals surface area contributed by atoms with Gasteiger partial charge >= 0.3 is 5.97 Å². The van der Waals surface area contributed by atoms with Gasteiger partial charge in [-0.15, -0.1) is 0 Å². The summed E-state index contributed by atoms with van der Waals surface area (Å²) in [6.07, 6.45) is 0. The van der Waals surface area contributed by atoms with Gasteiger partial charge in [0.2, 0.25) is 0 Å². The third-order valence-electron chi connectivity index (χ3n) is 3.59. The fourth-order valence-corrected chi connectivity index (χ4v) is 2.26. The topological polar surface area (TPSA) is 117 Å². The highest BCUT2D eigenvalue weighted by Gasteiger charge is 2.21. The lowest BCUT2D eigenvalue weighted by Gasteiger charge is -2.10. The Morgan fingerprint density at radius 2 is 1.78 bits per heavy atom. The molecule has 0 atom stereocenters. The number of carbonyl (C=O) groups is 2. The number of hydrogen-bond acceptors (Lipinski definition) is 7. The minimum Gasteiger partial charge on any atom is -0.493 e. The van der Waals surface area contributed by atoms with Crippen molar-refractivity contribution < 1.29 is 28.7 Å². The molecule has 0 spiro atoms. The third kappa shape index (κ3) is 5.18. The summed E-state index contributed by atoms with van der Waals surface area (Å²) in [4.78, 5) is 34.1. The number of methoxy groups -OCH3 is 2. The molecule has 2 aromatic rings. The monoisotopic (exact) mass is 374 g/mol. The molecule has 0 radical (unpaired) electrons. The molecule has 0 unspecified atom stereocenters. The number of nitro benzene ring substituents is 1. The first-order valence-corrected chi connectivity index (χ1v) is 7.84. The van der Waals surface area contributed by atoms with E-state index in [4.69, 9.17) is 14.2 Å². The summed E-state index contributed by atoms with van der Waals surface area (Å²) >= 11 is 0. The molecule has 0 fully saturated rings. The van der Waals surface area contributed by atoms with Gasteiger partial charge < -0.3 is 19.5 Å². The number of hydrogen-bond donors (Lipinski definition) is 1. The van der Waals surface area contributed by atoms with Crippen LogP contribution in [-0.2, 0) is 16.1 Å². The maximum atomic E-state index is 12.0. The summed E-state index contributed by atoms with van der Waals surface area (Å²) in [6, 6.07) is 10.5. The Bertz CT molecular complexity index is 851. The SMILES string of the molecule is COc1ccc(CNC(=O)COC(=O)c2ccccc2[N+](=O)[O-])cc1OC. The predicted octanol–water partition coefficient (Wildman–Crippen LogP) is 2.09. The molecular weight excluding hydrogens is 356 g/mol. The summed E-state index contributed by atoms with van der Waals surface area (Å²) in [6.45, 7) is -0.375. The van der Waals surface area contributed by atoms with E-state index in [1.807, 2.05) is 0 Å². The Balaban J connectivity index is 1.90. The first kappa shape index (κ1) is 19.7. The number of ether oxygens (including phenoxy) is 3. The molecule has 2 rings (SSSR count). The number of esters is 1. The molecule has 1 N–H and O–H groups in total. The van der Waals surface area contributed by atoms with Gasteiger partial charge in [0.25, 0.3) is 11.6 Å². The van der Waals surface area contributed by atoms with Crippen LogP contribution < -0.4 is 14.8 Å². The maximum absolute atomic E-state index is 12.0. The van der Waals surface area contributed by atoms with Crippen LogP contribution in [0.15, 0.2) is 42.5 Å². The first-order chi connectivity index (χ1) is 13.0. The van der Waals surface area contributed by atoms with Gasteiger partial charge in [-0.25, -0.2) is 4.79 Å². The molecule has 9 heteroatoms. The minimum absolute atomic E-state index is 0.183. The minimum atomic E-state index is -0.941. The van der Waals surface area contributed by atoms with E-state index in [0.717, 1.165) is 5.56 Å². The highest BCUT2D eigenvalue weighted by molar-refractivity contribution is 5.95. The zero-order chi connectivity index (χ0) is 19.8. The number of amides is 1. The van der Waals surface area contributed by atoms with Gasteiger partial charge in [0.1, 0.15) is 5.56 Å². The molecule has 27 heavy (non-hydrogen) atoms. The van der Waals surface area contributed by atoms with E-state index in [-0.39, 0.29) is 17.8 Å². The number of rotatable bonds is 8. The molecule has 0 saturated heterocycles. The summed E-state index contributed by atoms with van der Waals surface area (Å²) in [5.41, 5.74) is 0.162. The van der Waals surface area contributed by atoms with Crippen LogP contribution in [0, 0.1) is 10.1 Å². The van der Waals surface area contributed by atoms with Crippen molar-refractivity contribution in [2.45, 2.75) is 6.54 Å². The van der Waals surface area contributed by atoms with Gasteiger partial charge in [0, 0.05) is 12.6 Å². The number of nitrogens with zero attached hydrogens (tertiary/aromatic N) is 1. The van der Waals surface area contributed by atoms with Crippen LogP contribution in [0.2, 0.25) is 0 Å². The van der Waals surface area contributed by atoms with Crippen molar-refractivity contribution in [3.63, 3.8) is 0 Å². The normalized spacial score (nSPS) is 10.0. The van der Waals surface area contributed by atoms with Crippen LogP contribution in [0.4, 0.5) is 5.69 Å². The quantitative estimate of drug-likeness (QED) is 0.427. The molecule has 0 aliphatic rings. The number of carbonyl (C=O) groups excluding carboxylic acids is 2. The van der Waals surface area contributed by atoms with Crippen LogP contribution in [-0.4, -0.2) is 37.6 Å². The lowest BCUT2D eigenvalue weighted by Crippen LogP contribution is -2.28. The molecule has 0 saturated carbocycles. The van der Waals surface area contributed by atoms with E-state index in [0.29, 0.717) is 11.5 Å². The lowest BCUT2D eigenvalue weighted by atomic mass is 10.2. The van der Waals surface area contributed by atoms with Crippen molar-refractivity contribution in [1.29, 1.82) is 0 Å². The van der Waals surface area contributed by atoms with Gasteiger partial charge in [-0.2, -0.15) is 0 Å². The second-order valence-corrected chi connectivity index (χ2v) is 5.32. The molecular formula is C18H18N2O7. The largest absolute Gasteiger partial charge is 0.493 e. The van der Waals surface area contributed by atoms with Crippen molar-refractivity contribution in [1.82, 2.24) is 5.32 Å². The molecule has 0 heterocycles. The van der Waals surface area contributed by atoms with E-state index in [1.54, 1.807) is 18.2 Å². The van der Waals surface area contributed by atoms with E-state index in [9.17, 15) is 19.7 Å². The van der Waals surface area contributed by atoms with Gasteiger partial charge in [-0.3, -0.25) is 14.9 Å². The van der Waals surface area contributed by atoms with Crippen LogP contribution in [0.25, 0.3) is 0 Å². The molecule has 0 aliphatic carbocycles. The highest BCUT2D eigenvalue weighted by atomic mass is 16.6. The maximum Gasteiger partial charge on any atom is 0.345 e. The first-order valence-electron chi connectivity index (χ1n) is 7.84. The van der Waals surface area contributed by atoms with Gasteiger partial charge in [-0.1, -0.05) is 18.2 Å². The van der Waals surface area contributed by atoms with E-state index in [2.05, 4.69) is 5.32 Å². The second kappa shape index (κ2) is 9.18. The van der Waals surface area contributed by atoms with Crippen LogP contribution in [0.3, 0.4) is 0 Å². The number of benzene rings is 2. The van der Waals surface area contributed by atoms with Crippen molar-refractivity contribution in [2.24, 2.45) is 0 Å². The number of nitro groups is 1. The zero-order valence-corrected chi connectivity index (χ0v) is 14.8. The highest BCUT2D eigenvalue weighted by Crippen LogP contribution is 2.27. The van der Waals surface area contributed by atoms with Crippen LogP contribution >= 0.6 is 0 Å². The van der Waals surface area contributed by atoms with Crippen LogP contribution in [0.5, 0.6) is 11.5 Å². The molecule has 2 aromatic carbocycles. The Labute approximate surface area is 155 Å². The average molecular weight is 374 g/mol. The van der Waals surface area contributed by atoms with Gasteiger partial charge in [-0.05, 0) is 23.8 Å². The summed E-state index contributed by atoms with van der Waals surface area (Å²) in [5.74, 6) is -0.404. The molecule has 0 bridgehead atoms. The Hall–Kier alpha value is -3.62. The standard InChI is InChI=1S/C18H18N2O7/c1-25-15-8-7-12(9-16(15)26-2)10-19-17(21)11-27-18(22)13-5-3-4-6-14(13)20(23)24/h3-9H,10-11H2,1-2H3,(H,19,21). The van der Waals surface area contributed by atoms with Crippen molar-refractivity contribution in [3.8, 4) is 11.5 Å². The number of para-hydroxylation sites is 1. The third-order valence-corrected chi connectivity index (χ3v) is 3.59. The Morgan fingerprint density at radius 1 is 1.07 bits per heavy atom. The average Bonchev–Trinajstić information content (AvgIpc) is 2.69. The smallest absolute Gasteiger partial charge is 0.345 e. The molecule has 142 valence electrons. The fraction of sp³-hybridized carbons (Fsp3) is 0.222. The van der Waals surface area contributed by atoms with E-state index in [1.165, 1.54) is 38.5 Å². The van der Waals surface area contributed by atoms with Gasteiger partial charge in [0.05, 0.1) is 19.1 Å². The fourth-order valence-electron chi connectivity index (χ4n) is 2.26. The summed E-state index contributed by atoms with van der Waals surface area (Å²) in [7, 11) is 3.02.